The largest absolute Gasteiger partial charge is 0.492 e. The summed E-state index contributed by atoms with van der Waals surface area (Å²) < 4.78 is 36.7. The van der Waals surface area contributed by atoms with Gasteiger partial charge in [-0.1, -0.05) is 6.07 Å². The van der Waals surface area contributed by atoms with Crippen molar-refractivity contribution >= 4 is 24.5 Å². The van der Waals surface area contributed by atoms with Crippen molar-refractivity contribution in [2.45, 2.75) is 26.1 Å². The average Bonchev–Trinajstić information content (AvgIpc) is 2.87. The molecule has 2 aromatic rings. The second-order valence-corrected chi connectivity index (χ2v) is 6.86. The van der Waals surface area contributed by atoms with Crippen LogP contribution in [0.3, 0.4) is 0 Å². The highest BCUT2D eigenvalue weighted by Crippen LogP contribution is 2.29. The Bertz CT molecular complexity index is 935. The number of esters is 1. The molecule has 0 saturated heterocycles. The van der Waals surface area contributed by atoms with E-state index in [4.69, 9.17) is 9.39 Å². The third-order valence-electron chi connectivity index (χ3n) is 4.43. The summed E-state index contributed by atoms with van der Waals surface area (Å²) in [4.78, 5) is 24.0. The van der Waals surface area contributed by atoms with Crippen LogP contribution in [0.15, 0.2) is 36.4 Å². The van der Waals surface area contributed by atoms with E-state index >= 15 is 0 Å². The van der Waals surface area contributed by atoms with Crippen LogP contribution in [0.1, 0.15) is 35.3 Å². The molecule has 6 nitrogen and oxygen atoms in total. The van der Waals surface area contributed by atoms with E-state index in [1.807, 2.05) is 13.8 Å². The molecular weight excluding hydrogens is 371 g/mol. The lowest BCUT2D eigenvalue weighted by Crippen LogP contribution is -2.33. The lowest BCUT2D eigenvalue weighted by Gasteiger charge is -2.19. The van der Waals surface area contributed by atoms with Crippen LogP contribution in [-0.2, 0) is 26.4 Å². The smallest absolute Gasteiger partial charge is 0.459 e. The second-order valence-electron chi connectivity index (χ2n) is 6.86. The molecule has 1 aliphatic heterocycles. The van der Waals surface area contributed by atoms with E-state index in [0.717, 1.165) is 11.6 Å². The number of fused-ring (bicyclic) bond motifs is 1. The van der Waals surface area contributed by atoms with Gasteiger partial charge in [0, 0.05) is 17.2 Å². The quantitative estimate of drug-likeness (QED) is 0.597. The predicted molar refractivity (Wildman–Crippen MR) is 96.6 cm³/mol. The van der Waals surface area contributed by atoms with Crippen molar-refractivity contribution in [2.24, 2.45) is 0 Å². The number of ether oxygens (including phenoxy) is 1. The standard InChI is InChI=1S/C19H18BF2NO5/c1-19(2)14-6-4-11(7-15(14)20(26)28-19)18(25)23-9-17(24)27-10-12-3-5-13(21)8-16(12)22/h3-8,26H,9-10H2,1-2H3,(H,23,25). The Hall–Kier alpha value is -2.78. The number of amides is 1. The zero-order chi connectivity index (χ0) is 20.5. The molecule has 9 heteroatoms. The molecule has 0 aliphatic carbocycles. The normalized spacial score (nSPS) is 14.5. The van der Waals surface area contributed by atoms with Crippen molar-refractivity contribution in [3.05, 3.63) is 64.7 Å². The van der Waals surface area contributed by atoms with Crippen molar-refractivity contribution < 1.29 is 32.8 Å². The first-order chi connectivity index (χ1) is 13.2. The van der Waals surface area contributed by atoms with Gasteiger partial charge in [0.05, 0.1) is 5.60 Å². The molecular formula is C19H18BF2NO5. The van der Waals surface area contributed by atoms with Crippen LogP contribution < -0.4 is 10.8 Å². The molecule has 0 unspecified atom stereocenters. The van der Waals surface area contributed by atoms with Gasteiger partial charge < -0.3 is 19.7 Å². The van der Waals surface area contributed by atoms with Gasteiger partial charge in [-0.05, 0) is 49.1 Å². The summed E-state index contributed by atoms with van der Waals surface area (Å²) in [6.07, 6.45) is 0. The van der Waals surface area contributed by atoms with Gasteiger partial charge in [0.15, 0.2) is 0 Å². The molecule has 0 aromatic heterocycles. The summed E-state index contributed by atoms with van der Waals surface area (Å²) in [5.74, 6) is -2.86. The zero-order valence-corrected chi connectivity index (χ0v) is 15.3. The topological polar surface area (TPSA) is 84.9 Å². The van der Waals surface area contributed by atoms with Gasteiger partial charge in [-0.25, -0.2) is 8.78 Å². The van der Waals surface area contributed by atoms with Gasteiger partial charge in [-0.2, -0.15) is 0 Å². The van der Waals surface area contributed by atoms with Crippen molar-refractivity contribution in [3.63, 3.8) is 0 Å². The minimum atomic E-state index is -1.13. The van der Waals surface area contributed by atoms with Gasteiger partial charge in [-0.15, -0.1) is 0 Å². The number of rotatable bonds is 5. The number of carbonyl (C=O) groups excluding carboxylic acids is 2. The third-order valence-corrected chi connectivity index (χ3v) is 4.43. The maximum Gasteiger partial charge on any atom is 0.492 e. The first-order valence-electron chi connectivity index (χ1n) is 8.55. The van der Waals surface area contributed by atoms with E-state index in [1.54, 1.807) is 12.1 Å². The molecule has 1 aliphatic rings. The molecule has 0 radical (unpaired) electrons. The molecule has 0 bridgehead atoms. The Balaban J connectivity index is 1.55. The minimum absolute atomic E-state index is 0.0244. The van der Waals surface area contributed by atoms with Gasteiger partial charge in [-0.3, -0.25) is 9.59 Å². The SMILES string of the molecule is CC1(C)OB(O)c2cc(C(=O)NCC(=O)OCc3ccc(F)cc3F)ccc21. The zero-order valence-electron chi connectivity index (χ0n) is 15.3. The van der Waals surface area contributed by atoms with Crippen LogP contribution in [0.4, 0.5) is 8.78 Å². The molecule has 0 atom stereocenters. The number of benzene rings is 2. The third kappa shape index (κ3) is 4.21. The van der Waals surface area contributed by atoms with Crippen LogP contribution >= 0.6 is 0 Å². The summed E-state index contributed by atoms with van der Waals surface area (Å²) in [7, 11) is -1.13. The Morgan fingerprint density at radius 1 is 1.21 bits per heavy atom. The van der Waals surface area contributed by atoms with Crippen LogP contribution in [0.2, 0.25) is 0 Å². The molecule has 0 spiro atoms. The Kier molecular flexibility index (Phi) is 5.48. The molecule has 0 fully saturated rings. The van der Waals surface area contributed by atoms with E-state index in [1.165, 1.54) is 12.1 Å². The summed E-state index contributed by atoms with van der Waals surface area (Å²) >= 11 is 0. The molecule has 2 aromatic carbocycles. The average molecular weight is 389 g/mol. The van der Waals surface area contributed by atoms with Crippen molar-refractivity contribution in [3.8, 4) is 0 Å². The van der Waals surface area contributed by atoms with Crippen LogP contribution in [0.5, 0.6) is 0 Å². The van der Waals surface area contributed by atoms with Gasteiger partial charge in [0.25, 0.3) is 5.91 Å². The molecule has 3 rings (SSSR count). The van der Waals surface area contributed by atoms with Crippen LogP contribution in [0.25, 0.3) is 0 Å². The Morgan fingerprint density at radius 2 is 1.96 bits per heavy atom. The Labute approximate surface area is 160 Å². The highest BCUT2D eigenvalue weighted by Gasteiger charge is 2.40. The molecule has 146 valence electrons. The van der Waals surface area contributed by atoms with Gasteiger partial charge in [0.1, 0.15) is 24.8 Å². The van der Waals surface area contributed by atoms with Crippen molar-refractivity contribution in [2.75, 3.05) is 6.54 Å². The first-order valence-corrected chi connectivity index (χ1v) is 8.55. The fourth-order valence-electron chi connectivity index (χ4n) is 2.97. The lowest BCUT2D eigenvalue weighted by molar-refractivity contribution is -0.143. The second kappa shape index (κ2) is 7.69. The number of hydrogen-bond donors (Lipinski definition) is 2. The fraction of sp³-hybridized carbons (Fsp3) is 0.263. The van der Waals surface area contributed by atoms with E-state index in [0.29, 0.717) is 11.5 Å². The van der Waals surface area contributed by atoms with Crippen molar-refractivity contribution in [1.82, 2.24) is 5.32 Å². The summed E-state index contributed by atoms with van der Waals surface area (Å²) in [5, 5.41) is 12.4. The number of halogens is 2. The highest BCUT2D eigenvalue weighted by atomic mass is 19.1. The van der Waals surface area contributed by atoms with E-state index in [9.17, 15) is 23.4 Å². The molecule has 1 amide bonds. The number of hydrogen-bond acceptors (Lipinski definition) is 5. The number of carbonyl (C=O) groups is 2. The maximum atomic E-state index is 13.5. The summed E-state index contributed by atoms with van der Waals surface area (Å²) in [6, 6.07) is 7.69. The molecule has 1 heterocycles. The monoisotopic (exact) mass is 389 g/mol. The molecule has 2 N–H and O–H groups in total. The van der Waals surface area contributed by atoms with Crippen LogP contribution in [0, 0.1) is 11.6 Å². The Morgan fingerprint density at radius 3 is 2.68 bits per heavy atom. The lowest BCUT2D eigenvalue weighted by atomic mass is 9.77. The van der Waals surface area contributed by atoms with Gasteiger partial charge >= 0.3 is 13.1 Å². The van der Waals surface area contributed by atoms with Crippen molar-refractivity contribution in [1.29, 1.82) is 0 Å². The van der Waals surface area contributed by atoms with Crippen LogP contribution in [-0.4, -0.2) is 30.6 Å². The van der Waals surface area contributed by atoms with E-state index in [2.05, 4.69) is 5.32 Å². The number of nitrogens with one attached hydrogen (secondary N) is 1. The maximum absolute atomic E-state index is 13.5. The van der Waals surface area contributed by atoms with E-state index in [-0.39, 0.29) is 17.7 Å². The predicted octanol–water partition coefficient (Wildman–Crippen LogP) is 1.39. The minimum Gasteiger partial charge on any atom is -0.459 e. The van der Waals surface area contributed by atoms with E-state index < -0.39 is 42.8 Å². The first kappa shape index (κ1) is 20.0. The summed E-state index contributed by atoms with van der Waals surface area (Å²) in [6.45, 7) is 2.81. The van der Waals surface area contributed by atoms with Gasteiger partial charge in [0.2, 0.25) is 0 Å². The highest BCUT2D eigenvalue weighted by molar-refractivity contribution is 6.62. The fourth-order valence-corrected chi connectivity index (χ4v) is 2.97. The molecule has 28 heavy (non-hydrogen) atoms. The molecule has 0 saturated carbocycles. The summed E-state index contributed by atoms with van der Waals surface area (Å²) in [5.41, 5.74) is 0.875.